The lowest BCUT2D eigenvalue weighted by atomic mass is 10.0. The van der Waals surface area contributed by atoms with Crippen LogP contribution in [-0.4, -0.2) is 27.8 Å². The van der Waals surface area contributed by atoms with Crippen LogP contribution in [0.4, 0.5) is 4.39 Å². The number of aryl methyl sites for hydroxylation is 1. The van der Waals surface area contributed by atoms with Gasteiger partial charge < -0.3 is 14.6 Å². The molecular weight excluding hydrogens is 421 g/mol. The molecule has 4 rings (SSSR count). The fourth-order valence-electron chi connectivity index (χ4n) is 3.42. The van der Waals surface area contributed by atoms with Crippen molar-refractivity contribution < 1.29 is 18.7 Å². The van der Waals surface area contributed by atoms with Gasteiger partial charge in [-0.25, -0.2) is 9.37 Å². The maximum Gasteiger partial charge on any atom is 0.258 e. The van der Waals surface area contributed by atoms with E-state index in [-0.39, 0.29) is 24.1 Å². The maximum absolute atomic E-state index is 13.4. The Morgan fingerprint density at radius 3 is 2.27 bits per heavy atom. The molecule has 0 radical (unpaired) electrons. The van der Waals surface area contributed by atoms with Crippen molar-refractivity contribution in [3.8, 4) is 5.75 Å². The van der Waals surface area contributed by atoms with Gasteiger partial charge in [-0.15, -0.1) is 0 Å². The summed E-state index contributed by atoms with van der Waals surface area (Å²) in [4.78, 5) is 29.5. The first kappa shape index (κ1) is 22.0. The molecule has 0 aliphatic carbocycles. The number of hydrogen-bond donors (Lipinski definition) is 1. The van der Waals surface area contributed by atoms with Gasteiger partial charge in [0, 0.05) is 30.6 Å². The number of amides is 1. The highest BCUT2D eigenvalue weighted by atomic mass is 19.1. The van der Waals surface area contributed by atoms with Crippen LogP contribution < -0.4 is 10.1 Å². The number of rotatable bonds is 8. The monoisotopic (exact) mass is 443 g/mol. The Labute approximate surface area is 190 Å². The highest BCUT2D eigenvalue weighted by Gasteiger charge is 2.21. The Morgan fingerprint density at radius 2 is 1.64 bits per heavy atom. The van der Waals surface area contributed by atoms with Crippen molar-refractivity contribution in [2.75, 3.05) is 6.61 Å². The van der Waals surface area contributed by atoms with Gasteiger partial charge in [-0.05, 0) is 42.0 Å². The summed E-state index contributed by atoms with van der Waals surface area (Å²) in [5, 5.41) is 2.89. The predicted molar refractivity (Wildman–Crippen MR) is 121 cm³/mol. The molecule has 4 aromatic rings. The molecule has 6 nitrogen and oxygen atoms in total. The van der Waals surface area contributed by atoms with E-state index >= 15 is 0 Å². The van der Waals surface area contributed by atoms with Gasteiger partial charge in [0.25, 0.3) is 5.91 Å². The largest absolute Gasteiger partial charge is 0.484 e. The summed E-state index contributed by atoms with van der Waals surface area (Å²) in [6.07, 6.45) is 3.40. The number of halogens is 1. The molecule has 1 unspecified atom stereocenters. The molecule has 1 aromatic heterocycles. The molecule has 1 N–H and O–H groups in total. The maximum atomic E-state index is 13.4. The molecule has 33 heavy (non-hydrogen) atoms. The second-order valence-corrected chi connectivity index (χ2v) is 7.46. The number of ether oxygens (including phenoxy) is 1. The fourth-order valence-corrected chi connectivity index (χ4v) is 3.42. The number of carbonyl (C=O) groups excluding carboxylic acids is 2. The van der Waals surface area contributed by atoms with E-state index in [0.29, 0.717) is 28.3 Å². The minimum absolute atomic E-state index is 0.0860. The summed E-state index contributed by atoms with van der Waals surface area (Å²) >= 11 is 0. The number of aromatic nitrogens is 2. The number of nitrogens with zero attached hydrogens (tertiary/aromatic N) is 2. The van der Waals surface area contributed by atoms with Crippen LogP contribution in [0.15, 0.2) is 91.3 Å². The van der Waals surface area contributed by atoms with Gasteiger partial charge in [-0.3, -0.25) is 9.59 Å². The van der Waals surface area contributed by atoms with Crippen molar-refractivity contribution in [2.45, 2.75) is 6.04 Å². The predicted octanol–water partition coefficient (Wildman–Crippen LogP) is 4.07. The number of carbonyl (C=O) groups is 2. The van der Waals surface area contributed by atoms with Crippen LogP contribution in [0.2, 0.25) is 0 Å². The third-order valence-electron chi connectivity index (χ3n) is 5.15. The smallest absolute Gasteiger partial charge is 0.258 e. The van der Waals surface area contributed by atoms with E-state index in [1.807, 2.05) is 25.2 Å². The second kappa shape index (κ2) is 9.91. The van der Waals surface area contributed by atoms with E-state index < -0.39 is 6.04 Å². The van der Waals surface area contributed by atoms with Crippen LogP contribution in [0.1, 0.15) is 33.4 Å². The molecular formula is C26H22FN3O3. The zero-order valence-electron chi connectivity index (χ0n) is 17.9. The lowest BCUT2D eigenvalue weighted by Gasteiger charge is -2.19. The number of hydrogen-bond acceptors (Lipinski definition) is 4. The Hall–Kier alpha value is -4.26. The van der Waals surface area contributed by atoms with Gasteiger partial charge in [-0.2, -0.15) is 0 Å². The first-order chi connectivity index (χ1) is 16.0. The van der Waals surface area contributed by atoms with Crippen LogP contribution in [0.25, 0.3) is 0 Å². The third kappa shape index (κ3) is 5.33. The molecule has 1 heterocycles. The van der Waals surface area contributed by atoms with E-state index in [4.69, 9.17) is 4.74 Å². The molecule has 0 spiro atoms. The van der Waals surface area contributed by atoms with Crippen molar-refractivity contribution >= 4 is 11.7 Å². The lowest BCUT2D eigenvalue weighted by molar-refractivity contribution is -0.123. The quantitative estimate of drug-likeness (QED) is 0.417. The Bertz CT molecular complexity index is 1240. The van der Waals surface area contributed by atoms with Gasteiger partial charge in [0.05, 0.1) is 0 Å². The summed E-state index contributed by atoms with van der Waals surface area (Å²) in [5.41, 5.74) is 1.83. The number of ketones is 1. The van der Waals surface area contributed by atoms with Crippen molar-refractivity contribution in [1.82, 2.24) is 14.9 Å². The highest BCUT2D eigenvalue weighted by molar-refractivity contribution is 6.08. The van der Waals surface area contributed by atoms with Crippen LogP contribution in [0.5, 0.6) is 5.75 Å². The fraction of sp³-hybridized carbons (Fsp3) is 0.115. The van der Waals surface area contributed by atoms with E-state index in [0.717, 1.165) is 0 Å². The van der Waals surface area contributed by atoms with Gasteiger partial charge >= 0.3 is 0 Å². The van der Waals surface area contributed by atoms with E-state index in [1.54, 1.807) is 65.5 Å². The lowest BCUT2D eigenvalue weighted by Crippen LogP contribution is -2.34. The summed E-state index contributed by atoms with van der Waals surface area (Å²) in [5.74, 6) is 0.263. The zero-order chi connectivity index (χ0) is 23.2. The summed E-state index contributed by atoms with van der Waals surface area (Å²) in [7, 11) is 1.82. The Kier molecular flexibility index (Phi) is 6.59. The van der Waals surface area contributed by atoms with Gasteiger partial charge in [0.1, 0.15) is 23.4 Å². The van der Waals surface area contributed by atoms with Crippen molar-refractivity contribution in [3.05, 3.63) is 120 Å². The van der Waals surface area contributed by atoms with Crippen LogP contribution in [0, 0.1) is 5.82 Å². The van der Waals surface area contributed by atoms with E-state index in [1.165, 1.54) is 12.1 Å². The zero-order valence-corrected chi connectivity index (χ0v) is 17.9. The Balaban J connectivity index is 1.40. The van der Waals surface area contributed by atoms with Crippen molar-refractivity contribution in [1.29, 1.82) is 0 Å². The molecule has 1 amide bonds. The molecule has 0 saturated heterocycles. The van der Waals surface area contributed by atoms with Gasteiger partial charge in [0.15, 0.2) is 12.4 Å². The van der Waals surface area contributed by atoms with Crippen molar-refractivity contribution in [3.63, 3.8) is 0 Å². The molecule has 7 heteroatoms. The molecule has 0 fully saturated rings. The molecule has 0 bridgehead atoms. The molecule has 0 saturated carbocycles. The van der Waals surface area contributed by atoms with E-state index in [9.17, 15) is 14.0 Å². The molecule has 166 valence electrons. The second-order valence-electron chi connectivity index (χ2n) is 7.46. The van der Waals surface area contributed by atoms with Gasteiger partial charge in [0.2, 0.25) is 0 Å². The molecule has 1 atom stereocenters. The normalized spacial score (nSPS) is 11.6. The Morgan fingerprint density at radius 1 is 0.970 bits per heavy atom. The molecule has 3 aromatic carbocycles. The minimum atomic E-state index is -0.562. The minimum Gasteiger partial charge on any atom is -0.484 e. The number of benzene rings is 3. The molecule has 0 aliphatic heterocycles. The number of nitrogens with one attached hydrogen (secondary N) is 1. The summed E-state index contributed by atoms with van der Waals surface area (Å²) in [6, 6.07) is 21.0. The standard InChI is InChI=1S/C26H22FN3O3/c1-30-16-15-28-26(30)24(18-7-11-21(27)12-8-18)29-23(31)17-33-22-13-9-20(10-14-22)25(32)19-5-3-2-4-6-19/h2-16,24H,17H2,1H3,(H,29,31). The summed E-state index contributed by atoms with van der Waals surface area (Å²) in [6.45, 7) is -0.228. The van der Waals surface area contributed by atoms with Crippen LogP contribution in [-0.2, 0) is 11.8 Å². The highest BCUT2D eigenvalue weighted by Crippen LogP contribution is 2.21. The van der Waals surface area contributed by atoms with Gasteiger partial charge in [-0.1, -0.05) is 42.5 Å². The topological polar surface area (TPSA) is 73.2 Å². The van der Waals surface area contributed by atoms with Crippen LogP contribution in [0.3, 0.4) is 0 Å². The van der Waals surface area contributed by atoms with Crippen LogP contribution >= 0.6 is 0 Å². The first-order valence-electron chi connectivity index (χ1n) is 10.4. The number of imidazole rings is 1. The average molecular weight is 443 g/mol. The van der Waals surface area contributed by atoms with E-state index in [2.05, 4.69) is 10.3 Å². The SMILES string of the molecule is Cn1ccnc1C(NC(=O)COc1ccc(C(=O)c2ccccc2)cc1)c1ccc(F)cc1. The molecule has 0 aliphatic rings. The summed E-state index contributed by atoms with van der Waals surface area (Å²) < 4.78 is 20.8. The average Bonchev–Trinajstić information content (AvgIpc) is 3.28. The first-order valence-corrected chi connectivity index (χ1v) is 10.4. The third-order valence-corrected chi connectivity index (χ3v) is 5.15. The van der Waals surface area contributed by atoms with Crippen molar-refractivity contribution in [2.24, 2.45) is 7.05 Å².